The third-order valence-electron chi connectivity index (χ3n) is 3.82. The van der Waals surface area contributed by atoms with Gasteiger partial charge in [0, 0.05) is 0 Å². The van der Waals surface area contributed by atoms with Gasteiger partial charge >= 0.3 is 0 Å². The number of amides is 1. The monoisotopic (exact) mass is 323 g/mol. The van der Waals surface area contributed by atoms with Crippen LogP contribution in [0.4, 0.5) is 0 Å². The van der Waals surface area contributed by atoms with Crippen molar-refractivity contribution in [3.8, 4) is 5.75 Å². The Labute approximate surface area is 141 Å². The van der Waals surface area contributed by atoms with Crippen LogP contribution in [0.15, 0.2) is 42.5 Å². The van der Waals surface area contributed by atoms with E-state index in [2.05, 4.69) is 19.1 Å². The first-order chi connectivity index (χ1) is 11.4. The lowest BCUT2D eigenvalue weighted by Crippen LogP contribution is -2.20. The Hall–Kier alpha value is -2.88. The maximum atomic E-state index is 12.5. The Kier molecular flexibility index (Phi) is 5.53. The first-order valence-corrected chi connectivity index (χ1v) is 7.69. The lowest BCUT2D eigenvalue weighted by atomic mass is 10.00. The van der Waals surface area contributed by atoms with Gasteiger partial charge in [0.25, 0.3) is 5.91 Å². The van der Waals surface area contributed by atoms with Crippen molar-refractivity contribution in [3.63, 3.8) is 0 Å². The van der Waals surface area contributed by atoms with Crippen molar-refractivity contribution >= 4 is 17.8 Å². The summed E-state index contributed by atoms with van der Waals surface area (Å²) in [5.74, 6) is -0.422. The smallest absolute Gasteiger partial charge is 0.255 e. The number of carbonyl (C=O) groups excluding carboxylic acids is 2. The zero-order valence-corrected chi connectivity index (χ0v) is 14.1. The van der Waals surface area contributed by atoms with Crippen LogP contribution in [0.1, 0.15) is 32.6 Å². The van der Waals surface area contributed by atoms with Gasteiger partial charge in [0.1, 0.15) is 5.75 Å². The molecule has 0 aliphatic carbocycles. The van der Waals surface area contributed by atoms with Gasteiger partial charge in [-0.15, -0.1) is 0 Å². The number of aryl methyl sites for hydroxylation is 3. The number of nitrogens with two attached hydrogens (primary N) is 1. The number of hydrogen-bond acceptors (Lipinski definition) is 3. The molecule has 24 heavy (non-hydrogen) atoms. The molecule has 2 rings (SSSR count). The van der Waals surface area contributed by atoms with E-state index in [9.17, 15) is 9.59 Å². The first-order valence-electron chi connectivity index (χ1n) is 7.69. The average Bonchev–Trinajstić information content (AvgIpc) is 2.55. The number of rotatable bonds is 6. The van der Waals surface area contributed by atoms with Crippen molar-refractivity contribution in [2.75, 3.05) is 6.61 Å². The van der Waals surface area contributed by atoms with E-state index in [4.69, 9.17) is 10.5 Å². The summed E-state index contributed by atoms with van der Waals surface area (Å²) < 4.78 is 5.30. The van der Waals surface area contributed by atoms with Crippen molar-refractivity contribution in [3.05, 3.63) is 70.3 Å². The first kappa shape index (κ1) is 17.5. The van der Waals surface area contributed by atoms with E-state index in [0.29, 0.717) is 11.3 Å². The average molecular weight is 323 g/mol. The summed E-state index contributed by atoms with van der Waals surface area (Å²) >= 11 is 0. The van der Waals surface area contributed by atoms with Gasteiger partial charge in [-0.1, -0.05) is 30.3 Å². The number of primary amides is 1. The zero-order chi connectivity index (χ0) is 17.7. The zero-order valence-electron chi connectivity index (χ0n) is 14.1. The quantitative estimate of drug-likeness (QED) is 0.654. The van der Waals surface area contributed by atoms with Gasteiger partial charge in [-0.3, -0.25) is 9.59 Å². The molecule has 0 unspecified atom stereocenters. The summed E-state index contributed by atoms with van der Waals surface area (Å²) in [4.78, 5) is 23.3. The predicted octanol–water partition coefficient (Wildman–Crippen LogP) is 3.37. The number of benzene rings is 2. The number of ether oxygens (including phenoxy) is 1. The highest BCUT2D eigenvalue weighted by atomic mass is 16.5. The number of hydrogen-bond donors (Lipinski definition) is 1. The fraction of sp³-hybridized carbons (Fsp3) is 0.200. The Morgan fingerprint density at radius 3 is 2.42 bits per heavy atom. The number of ketones is 1. The second-order valence-electron chi connectivity index (χ2n) is 5.74. The summed E-state index contributed by atoms with van der Waals surface area (Å²) in [7, 11) is 0. The number of allylic oxidation sites excluding steroid dienone is 1. The van der Waals surface area contributed by atoms with Crippen LogP contribution in [0.3, 0.4) is 0 Å². The van der Waals surface area contributed by atoms with E-state index in [1.54, 1.807) is 30.3 Å². The van der Waals surface area contributed by atoms with Crippen LogP contribution in [0.2, 0.25) is 0 Å². The van der Waals surface area contributed by atoms with Crippen molar-refractivity contribution < 1.29 is 14.3 Å². The summed E-state index contributed by atoms with van der Waals surface area (Å²) in [6.45, 7) is 5.86. The summed E-state index contributed by atoms with van der Waals surface area (Å²) in [6, 6.07) is 11.0. The van der Waals surface area contributed by atoms with Crippen LogP contribution in [0.5, 0.6) is 5.75 Å². The number of para-hydroxylation sites is 1. The van der Waals surface area contributed by atoms with Crippen LogP contribution in [0.25, 0.3) is 6.08 Å². The summed E-state index contributed by atoms with van der Waals surface area (Å²) in [6.07, 6.45) is 3.32. The fourth-order valence-electron chi connectivity index (χ4n) is 2.36. The molecule has 2 aromatic rings. The Morgan fingerprint density at radius 2 is 1.71 bits per heavy atom. The van der Waals surface area contributed by atoms with Gasteiger partial charge in [-0.2, -0.15) is 0 Å². The minimum atomic E-state index is -0.585. The summed E-state index contributed by atoms with van der Waals surface area (Å²) in [5.41, 5.74) is 10.00. The molecular weight excluding hydrogens is 302 g/mol. The van der Waals surface area contributed by atoms with Crippen LogP contribution in [-0.2, 0) is 4.79 Å². The molecule has 0 aliphatic rings. The van der Waals surface area contributed by atoms with Gasteiger partial charge < -0.3 is 10.5 Å². The van der Waals surface area contributed by atoms with Gasteiger partial charge in [-0.05, 0) is 61.2 Å². The third-order valence-corrected chi connectivity index (χ3v) is 3.82. The molecule has 0 saturated carbocycles. The fourth-order valence-corrected chi connectivity index (χ4v) is 2.36. The van der Waals surface area contributed by atoms with Crippen LogP contribution in [-0.4, -0.2) is 18.3 Å². The minimum absolute atomic E-state index is 0.187. The highest BCUT2D eigenvalue weighted by molar-refractivity contribution is 6.08. The molecule has 1 amide bonds. The SMILES string of the molecule is Cc1cc(C)c(/C=C/C(=O)c2ccccc2OCC(N)=O)cc1C. The molecule has 0 fully saturated rings. The maximum Gasteiger partial charge on any atom is 0.255 e. The maximum absolute atomic E-state index is 12.5. The van der Waals surface area contributed by atoms with Crippen molar-refractivity contribution in [1.29, 1.82) is 0 Å². The highest BCUT2D eigenvalue weighted by Crippen LogP contribution is 2.21. The minimum Gasteiger partial charge on any atom is -0.483 e. The number of carbonyl (C=O) groups is 2. The molecule has 4 nitrogen and oxygen atoms in total. The van der Waals surface area contributed by atoms with Crippen LogP contribution < -0.4 is 10.5 Å². The molecule has 0 saturated heterocycles. The van der Waals surface area contributed by atoms with Crippen LogP contribution >= 0.6 is 0 Å². The molecule has 0 radical (unpaired) electrons. The predicted molar refractivity (Wildman–Crippen MR) is 95.1 cm³/mol. The molecule has 2 aromatic carbocycles. The second-order valence-corrected chi connectivity index (χ2v) is 5.74. The topological polar surface area (TPSA) is 69.4 Å². The third kappa shape index (κ3) is 4.32. The molecular formula is C20H21NO3. The van der Waals surface area contributed by atoms with Crippen LogP contribution in [0, 0.1) is 20.8 Å². The van der Waals surface area contributed by atoms with Crippen molar-refractivity contribution in [2.24, 2.45) is 5.73 Å². The van der Waals surface area contributed by atoms with Crippen molar-refractivity contribution in [2.45, 2.75) is 20.8 Å². The van der Waals surface area contributed by atoms with E-state index >= 15 is 0 Å². The summed E-state index contributed by atoms with van der Waals surface area (Å²) in [5, 5.41) is 0. The largest absolute Gasteiger partial charge is 0.483 e. The molecule has 0 atom stereocenters. The van der Waals surface area contributed by atoms with Crippen molar-refractivity contribution in [1.82, 2.24) is 0 Å². The molecule has 0 aromatic heterocycles. The van der Waals surface area contributed by atoms with E-state index in [-0.39, 0.29) is 12.4 Å². The van der Waals surface area contributed by atoms with Gasteiger partial charge in [0.05, 0.1) is 5.56 Å². The lowest BCUT2D eigenvalue weighted by Gasteiger charge is -2.08. The van der Waals surface area contributed by atoms with E-state index in [1.807, 2.05) is 13.8 Å². The van der Waals surface area contributed by atoms with Gasteiger partial charge in [-0.25, -0.2) is 0 Å². The highest BCUT2D eigenvalue weighted by Gasteiger charge is 2.10. The lowest BCUT2D eigenvalue weighted by molar-refractivity contribution is -0.119. The molecule has 4 heteroatoms. The molecule has 0 spiro atoms. The standard InChI is InChI=1S/C20H21NO3/c1-13-10-15(3)16(11-14(13)2)8-9-18(22)17-6-4-5-7-19(17)24-12-20(21)23/h4-11H,12H2,1-3H3,(H2,21,23)/b9-8+. The Bertz CT molecular complexity index is 807. The molecule has 2 N–H and O–H groups in total. The molecule has 0 heterocycles. The van der Waals surface area contributed by atoms with E-state index in [0.717, 1.165) is 11.1 Å². The Balaban J connectivity index is 2.24. The Morgan fingerprint density at radius 1 is 1.04 bits per heavy atom. The van der Waals surface area contributed by atoms with E-state index in [1.165, 1.54) is 17.2 Å². The second kappa shape index (κ2) is 7.59. The van der Waals surface area contributed by atoms with E-state index < -0.39 is 5.91 Å². The van der Waals surface area contributed by atoms with Gasteiger partial charge in [0.2, 0.25) is 0 Å². The molecule has 0 bridgehead atoms. The van der Waals surface area contributed by atoms with Gasteiger partial charge in [0.15, 0.2) is 12.4 Å². The molecule has 124 valence electrons. The normalized spacial score (nSPS) is 10.8. The molecule has 0 aliphatic heterocycles.